The quantitative estimate of drug-likeness (QED) is 0.688. The highest BCUT2D eigenvalue weighted by Gasteiger charge is 1.88. The van der Waals surface area contributed by atoms with Gasteiger partial charge in [-0.1, -0.05) is 34.1 Å². The summed E-state index contributed by atoms with van der Waals surface area (Å²) in [7, 11) is 4.81. The monoisotopic (exact) mass is 290 g/mol. The van der Waals surface area contributed by atoms with E-state index in [-0.39, 0.29) is 0 Å². The average Bonchev–Trinajstić information content (AvgIpc) is 1.85. The summed E-state index contributed by atoms with van der Waals surface area (Å²) >= 11 is 3.31. The Labute approximate surface area is 88.5 Å². The molecular formula is C6H5BrCl2O2S. The van der Waals surface area contributed by atoms with Crippen molar-refractivity contribution in [2.24, 2.45) is 0 Å². The summed E-state index contributed by atoms with van der Waals surface area (Å²) < 4.78 is 19.5. The fourth-order valence-corrected chi connectivity index (χ4v) is 0.720. The van der Waals surface area contributed by atoms with Crippen molar-refractivity contribution in [3.8, 4) is 0 Å². The van der Waals surface area contributed by atoms with Crippen LogP contribution in [0.25, 0.3) is 0 Å². The van der Waals surface area contributed by atoms with Gasteiger partial charge in [-0.05, 0) is 12.1 Å². The zero-order chi connectivity index (χ0) is 9.61. The van der Waals surface area contributed by atoms with Crippen LogP contribution in [0.15, 0.2) is 34.8 Å². The second-order valence-corrected chi connectivity index (χ2v) is 6.26. The smallest absolute Gasteiger partial charge is 0.195 e. The summed E-state index contributed by atoms with van der Waals surface area (Å²) in [5.74, 6) is 0. The summed E-state index contributed by atoms with van der Waals surface area (Å²) in [6.07, 6.45) is 0. The Kier molecular flexibility index (Phi) is 5.92. The normalized spacial score (nSPS) is 9.92. The van der Waals surface area contributed by atoms with Crippen LogP contribution in [0.2, 0.25) is 0 Å². The summed E-state index contributed by atoms with van der Waals surface area (Å²) in [5, 5.41) is 0. The van der Waals surface area contributed by atoms with Gasteiger partial charge in [-0.25, -0.2) is 0 Å². The van der Waals surface area contributed by atoms with Crippen LogP contribution in [0.1, 0.15) is 0 Å². The van der Waals surface area contributed by atoms with E-state index in [4.69, 9.17) is 8.42 Å². The molecule has 1 rings (SSSR count). The zero-order valence-corrected chi connectivity index (χ0v) is 9.66. The highest BCUT2D eigenvalue weighted by molar-refractivity contribution is 9.10. The lowest BCUT2D eigenvalue weighted by molar-refractivity contribution is 0.621. The molecule has 6 heteroatoms. The SMILES string of the molecule is Brc1ccccc1.O=S(=O)(Cl)Cl. The fraction of sp³-hybridized carbons (Fsp3) is 0. The molecular weight excluding hydrogens is 287 g/mol. The first kappa shape index (κ1) is 12.2. The van der Waals surface area contributed by atoms with Gasteiger partial charge in [0, 0.05) is 25.8 Å². The summed E-state index contributed by atoms with van der Waals surface area (Å²) in [5.41, 5.74) is 0. The van der Waals surface area contributed by atoms with Gasteiger partial charge in [0.1, 0.15) is 0 Å². The van der Waals surface area contributed by atoms with Crippen LogP contribution < -0.4 is 0 Å². The minimum Gasteiger partial charge on any atom is -0.195 e. The molecule has 68 valence electrons. The lowest BCUT2D eigenvalue weighted by Gasteiger charge is -1.80. The molecule has 0 amide bonds. The first-order chi connectivity index (χ1) is 5.39. The predicted octanol–water partition coefficient (Wildman–Crippen LogP) is 3.16. The van der Waals surface area contributed by atoms with Crippen molar-refractivity contribution in [2.75, 3.05) is 0 Å². The van der Waals surface area contributed by atoms with Crippen molar-refractivity contribution in [3.05, 3.63) is 34.8 Å². The van der Waals surface area contributed by atoms with Gasteiger partial charge in [0.25, 0.3) is 0 Å². The largest absolute Gasteiger partial charge is 0.317 e. The van der Waals surface area contributed by atoms with E-state index < -0.39 is 8.26 Å². The van der Waals surface area contributed by atoms with Crippen LogP contribution in [0.4, 0.5) is 0 Å². The van der Waals surface area contributed by atoms with E-state index in [0.29, 0.717) is 0 Å². The maximum Gasteiger partial charge on any atom is 0.317 e. The van der Waals surface area contributed by atoms with Crippen molar-refractivity contribution < 1.29 is 8.42 Å². The van der Waals surface area contributed by atoms with Crippen molar-refractivity contribution in [1.82, 2.24) is 0 Å². The molecule has 0 saturated heterocycles. The minimum atomic E-state index is -3.72. The highest BCUT2D eigenvalue weighted by atomic mass is 79.9. The Morgan fingerprint density at radius 3 is 1.58 bits per heavy atom. The minimum absolute atomic E-state index is 1.13. The molecule has 0 saturated carbocycles. The maximum absolute atomic E-state index is 9.16. The van der Waals surface area contributed by atoms with Gasteiger partial charge in [0.15, 0.2) is 0 Å². The average molecular weight is 292 g/mol. The number of benzene rings is 1. The molecule has 0 N–H and O–H groups in total. The van der Waals surface area contributed by atoms with Gasteiger partial charge >= 0.3 is 8.26 Å². The molecule has 0 atom stereocenters. The first-order valence-corrected chi connectivity index (χ1v) is 6.67. The highest BCUT2D eigenvalue weighted by Crippen LogP contribution is 2.05. The van der Waals surface area contributed by atoms with Crippen molar-refractivity contribution in [2.45, 2.75) is 0 Å². The molecule has 0 bridgehead atoms. The van der Waals surface area contributed by atoms with E-state index in [2.05, 4.69) is 37.3 Å². The van der Waals surface area contributed by atoms with E-state index >= 15 is 0 Å². The number of hydrogen-bond donors (Lipinski definition) is 0. The molecule has 1 aromatic carbocycles. The van der Waals surface area contributed by atoms with Crippen LogP contribution >= 0.6 is 37.3 Å². The van der Waals surface area contributed by atoms with E-state index in [0.717, 1.165) is 4.47 Å². The molecule has 12 heavy (non-hydrogen) atoms. The molecule has 0 radical (unpaired) electrons. The van der Waals surface area contributed by atoms with E-state index in [9.17, 15) is 0 Å². The van der Waals surface area contributed by atoms with Gasteiger partial charge in [0.2, 0.25) is 0 Å². The molecule has 0 aliphatic heterocycles. The Hall–Kier alpha value is 0.230. The van der Waals surface area contributed by atoms with Crippen LogP contribution in [0.5, 0.6) is 0 Å². The Bertz CT molecular complexity index is 304. The lowest BCUT2D eigenvalue weighted by Crippen LogP contribution is -1.63. The zero-order valence-electron chi connectivity index (χ0n) is 5.75. The third kappa shape index (κ3) is 12.9. The van der Waals surface area contributed by atoms with Crippen LogP contribution in [0.3, 0.4) is 0 Å². The molecule has 0 fully saturated rings. The second kappa shape index (κ2) is 5.80. The van der Waals surface area contributed by atoms with E-state index in [1.165, 1.54) is 0 Å². The van der Waals surface area contributed by atoms with Gasteiger partial charge in [-0.2, -0.15) is 8.42 Å². The van der Waals surface area contributed by atoms with Crippen LogP contribution in [-0.2, 0) is 8.26 Å². The third-order valence-corrected chi connectivity index (χ3v) is 1.26. The third-order valence-electron chi connectivity index (χ3n) is 0.733. The summed E-state index contributed by atoms with van der Waals surface area (Å²) in [4.78, 5) is 0. The fourth-order valence-electron chi connectivity index (χ4n) is 0.415. The van der Waals surface area contributed by atoms with Crippen molar-refractivity contribution in [1.29, 1.82) is 0 Å². The Morgan fingerprint density at radius 2 is 1.42 bits per heavy atom. The summed E-state index contributed by atoms with van der Waals surface area (Å²) in [6.45, 7) is 0. The summed E-state index contributed by atoms with van der Waals surface area (Å²) in [6, 6.07) is 9.97. The van der Waals surface area contributed by atoms with E-state index in [1.54, 1.807) is 0 Å². The molecule has 0 spiro atoms. The molecule has 0 aromatic heterocycles. The number of rotatable bonds is 0. The number of halogens is 3. The predicted molar refractivity (Wildman–Crippen MR) is 54.8 cm³/mol. The molecule has 0 heterocycles. The topological polar surface area (TPSA) is 34.1 Å². The molecule has 2 nitrogen and oxygen atoms in total. The molecule has 0 aliphatic carbocycles. The van der Waals surface area contributed by atoms with Gasteiger partial charge in [-0.15, -0.1) is 0 Å². The molecule has 1 aromatic rings. The van der Waals surface area contributed by atoms with Gasteiger partial charge in [-0.3, -0.25) is 0 Å². The van der Waals surface area contributed by atoms with Gasteiger partial charge < -0.3 is 0 Å². The molecule has 0 aliphatic rings. The van der Waals surface area contributed by atoms with Crippen LogP contribution in [-0.4, -0.2) is 8.42 Å². The molecule has 0 unspecified atom stereocenters. The first-order valence-electron chi connectivity index (χ1n) is 2.74. The maximum atomic E-state index is 9.16. The van der Waals surface area contributed by atoms with Crippen molar-refractivity contribution >= 4 is 45.6 Å². The second-order valence-electron chi connectivity index (χ2n) is 1.67. The number of hydrogen-bond acceptors (Lipinski definition) is 2. The Morgan fingerprint density at radius 1 is 1.08 bits per heavy atom. The van der Waals surface area contributed by atoms with Crippen molar-refractivity contribution in [3.63, 3.8) is 0 Å². The van der Waals surface area contributed by atoms with Crippen LogP contribution in [0, 0.1) is 0 Å². The van der Waals surface area contributed by atoms with Gasteiger partial charge in [0.05, 0.1) is 0 Å². The standard InChI is InChI=1S/C6H5Br.Cl2O2S/c7-6-4-2-1-3-5-6;1-5(2,3)4/h1-5H;. The van der Waals surface area contributed by atoms with E-state index in [1.807, 2.05) is 30.3 Å². The Balaban J connectivity index is 0.000000217. The lowest BCUT2D eigenvalue weighted by atomic mass is 10.4.